The van der Waals surface area contributed by atoms with Crippen molar-refractivity contribution in [1.82, 2.24) is 0 Å². The van der Waals surface area contributed by atoms with Gasteiger partial charge in [-0.15, -0.1) is 0 Å². The maximum Gasteiger partial charge on any atom is 0.170 e. The molecule has 0 saturated carbocycles. The molecule has 0 amide bonds. The van der Waals surface area contributed by atoms with Crippen LogP contribution in [-0.2, 0) is 15.9 Å². The van der Waals surface area contributed by atoms with Gasteiger partial charge in [0.15, 0.2) is 12.1 Å². The summed E-state index contributed by atoms with van der Waals surface area (Å²) < 4.78 is 11.3. The average molecular weight is 435 g/mol. The lowest BCUT2D eigenvalue weighted by molar-refractivity contribution is -0.182. The Balaban J connectivity index is 1.50. The van der Waals surface area contributed by atoms with Crippen LogP contribution in [0.25, 0.3) is 10.8 Å². The fourth-order valence-corrected chi connectivity index (χ4v) is 5.78. The summed E-state index contributed by atoms with van der Waals surface area (Å²) in [6.07, 6.45) is 3.72. The number of ketones is 1. The number of Topliss-reactive ketones (excluding diaryl/α,β-unsaturated/α-hetero) is 1. The highest BCUT2D eigenvalue weighted by Gasteiger charge is 2.34. The number of phenolic OH excluding ortho intramolecular Hbond substituents is 1. The monoisotopic (exact) mass is 434 g/mol. The highest BCUT2D eigenvalue weighted by molar-refractivity contribution is 7.99. The van der Waals surface area contributed by atoms with Crippen molar-refractivity contribution in [1.29, 1.82) is 0 Å². The zero-order valence-corrected chi connectivity index (χ0v) is 18.2. The first-order valence-electron chi connectivity index (χ1n) is 11.0. The van der Waals surface area contributed by atoms with Crippen molar-refractivity contribution in [3.05, 3.63) is 65.7 Å². The molecule has 1 aliphatic carbocycles. The first-order chi connectivity index (χ1) is 15.2. The summed E-state index contributed by atoms with van der Waals surface area (Å²) in [6, 6.07) is 18.0. The molecule has 2 aliphatic rings. The van der Waals surface area contributed by atoms with Gasteiger partial charge in [-0.2, -0.15) is 0 Å². The van der Waals surface area contributed by atoms with E-state index in [0.29, 0.717) is 12.0 Å². The van der Waals surface area contributed by atoms with Crippen LogP contribution in [0.2, 0.25) is 0 Å². The number of carbonyl (C=O) groups is 1. The van der Waals surface area contributed by atoms with Crippen LogP contribution in [0, 0.1) is 5.92 Å². The zero-order valence-electron chi connectivity index (χ0n) is 17.4. The standard InChI is InChI=1S/C26H26O4S/c27-24-17(12-14-22-29-15-6-16-30-22)11-13-21-23(24)25(28)19-9-4-5-10-20(19)26(21)31-18-7-2-1-3-8-18/h1-5,7-10,17,22,28H,6,11-16H2. The van der Waals surface area contributed by atoms with Crippen molar-refractivity contribution in [3.8, 4) is 5.75 Å². The Hall–Kier alpha value is -2.34. The van der Waals surface area contributed by atoms with E-state index in [1.54, 1.807) is 11.8 Å². The van der Waals surface area contributed by atoms with Crippen LogP contribution >= 0.6 is 11.8 Å². The molecule has 3 aromatic carbocycles. The average Bonchev–Trinajstić information content (AvgIpc) is 2.82. The van der Waals surface area contributed by atoms with E-state index in [1.807, 2.05) is 42.5 Å². The highest BCUT2D eigenvalue weighted by Crippen LogP contribution is 2.46. The molecule has 0 bridgehead atoms. The third kappa shape index (κ3) is 4.10. The minimum Gasteiger partial charge on any atom is -0.507 e. The lowest BCUT2D eigenvalue weighted by Gasteiger charge is -2.29. The van der Waals surface area contributed by atoms with E-state index in [2.05, 4.69) is 12.1 Å². The summed E-state index contributed by atoms with van der Waals surface area (Å²) >= 11 is 1.68. The summed E-state index contributed by atoms with van der Waals surface area (Å²) in [5, 5.41) is 12.9. The molecule has 0 spiro atoms. The number of hydrogen-bond donors (Lipinski definition) is 1. The van der Waals surface area contributed by atoms with Gasteiger partial charge in [-0.3, -0.25) is 4.79 Å². The van der Waals surface area contributed by atoms with Crippen LogP contribution in [0.4, 0.5) is 0 Å². The molecule has 3 aromatic rings. The zero-order chi connectivity index (χ0) is 21.2. The largest absolute Gasteiger partial charge is 0.507 e. The molecule has 5 rings (SSSR count). The number of benzene rings is 3. The first kappa shape index (κ1) is 20.6. The normalized spacial score (nSPS) is 19.5. The molecule has 31 heavy (non-hydrogen) atoms. The Labute approximate surface area is 186 Å². The molecule has 1 saturated heterocycles. The van der Waals surface area contributed by atoms with E-state index in [0.717, 1.165) is 65.0 Å². The quantitative estimate of drug-likeness (QED) is 0.535. The van der Waals surface area contributed by atoms with Crippen molar-refractivity contribution in [2.45, 2.75) is 48.2 Å². The molecule has 0 aromatic heterocycles. The third-order valence-electron chi connectivity index (χ3n) is 6.21. The number of hydrogen-bond acceptors (Lipinski definition) is 5. The van der Waals surface area contributed by atoms with Crippen molar-refractivity contribution in [2.24, 2.45) is 5.92 Å². The van der Waals surface area contributed by atoms with Crippen molar-refractivity contribution < 1.29 is 19.4 Å². The third-order valence-corrected chi connectivity index (χ3v) is 7.39. The van der Waals surface area contributed by atoms with Crippen molar-refractivity contribution in [3.63, 3.8) is 0 Å². The number of aromatic hydroxyl groups is 1. The lowest BCUT2D eigenvalue weighted by Crippen LogP contribution is -2.28. The molecule has 1 fully saturated rings. The van der Waals surface area contributed by atoms with E-state index >= 15 is 0 Å². The summed E-state index contributed by atoms with van der Waals surface area (Å²) in [6.45, 7) is 1.44. The molecule has 1 N–H and O–H groups in total. The Morgan fingerprint density at radius 1 is 0.935 bits per heavy atom. The molecular formula is C26H26O4S. The van der Waals surface area contributed by atoms with Gasteiger partial charge in [0.1, 0.15) is 5.75 Å². The smallest absolute Gasteiger partial charge is 0.170 e. The second kappa shape index (κ2) is 9.03. The van der Waals surface area contributed by atoms with Gasteiger partial charge in [0.25, 0.3) is 0 Å². The summed E-state index contributed by atoms with van der Waals surface area (Å²) in [5.41, 5.74) is 1.50. The van der Waals surface area contributed by atoms with Gasteiger partial charge < -0.3 is 14.6 Å². The SMILES string of the molecule is O=C1c2c(c(Sc3ccccc3)c3ccccc3c2O)CCC1CCC1OCCCO1. The summed E-state index contributed by atoms with van der Waals surface area (Å²) in [7, 11) is 0. The van der Waals surface area contributed by atoms with Gasteiger partial charge in [0.05, 0.1) is 18.8 Å². The second-order valence-electron chi connectivity index (χ2n) is 8.19. The molecular weight excluding hydrogens is 408 g/mol. The van der Waals surface area contributed by atoms with E-state index in [4.69, 9.17) is 9.47 Å². The Bertz CT molecular complexity index is 1090. The van der Waals surface area contributed by atoms with E-state index < -0.39 is 0 Å². The van der Waals surface area contributed by atoms with Gasteiger partial charge in [0, 0.05) is 21.1 Å². The lowest BCUT2D eigenvalue weighted by atomic mass is 9.79. The molecule has 1 aliphatic heterocycles. The van der Waals surface area contributed by atoms with E-state index in [9.17, 15) is 9.90 Å². The number of carbonyl (C=O) groups excluding carboxylic acids is 1. The van der Waals surface area contributed by atoms with Gasteiger partial charge in [-0.05, 0) is 55.2 Å². The molecule has 160 valence electrons. The van der Waals surface area contributed by atoms with Crippen LogP contribution < -0.4 is 0 Å². The van der Waals surface area contributed by atoms with Crippen LogP contribution in [-0.4, -0.2) is 30.4 Å². The Morgan fingerprint density at radius 3 is 2.42 bits per heavy atom. The number of fused-ring (bicyclic) bond motifs is 2. The van der Waals surface area contributed by atoms with Gasteiger partial charge >= 0.3 is 0 Å². The summed E-state index contributed by atoms with van der Waals surface area (Å²) in [5.74, 6) is 0.0707. The fourth-order valence-electron chi connectivity index (χ4n) is 4.64. The Kier molecular flexibility index (Phi) is 5.99. The minimum absolute atomic E-state index is 0.0511. The topological polar surface area (TPSA) is 55.8 Å². The van der Waals surface area contributed by atoms with Crippen LogP contribution in [0.3, 0.4) is 0 Å². The van der Waals surface area contributed by atoms with Crippen molar-refractivity contribution in [2.75, 3.05) is 13.2 Å². The second-order valence-corrected chi connectivity index (χ2v) is 9.28. The summed E-state index contributed by atoms with van der Waals surface area (Å²) in [4.78, 5) is 15.7. The minimum atomic E-state index is -0.211. The van der Waals surface area contributed by atoms with Crippen LogP contribution in [0.1, 0.15) is 41.6 Å². The van der Waals surface area contributed by atoms with Gasteiger partial charge in [-0.25, -0.2) is 0 Å². The molecule has 1 heterocycles. The molecule has 0 radical (unpaired) electrons. The maximum absolute atomic E-state index is 13.5. The van der Waals surface area contributed by atoms with Crippen molar-refractivity contribution >= 4 is 28.3 Å². The van der Waals surface area contributed by atoms with Crippen LogP contribution in [0.5, 0.6) is 5.75 Å². The first-order valence-corrected chi connectivity index (χ1v) is 11.8. The number of ether oxygens (including phenoxy) is 2. The molecule has 1 unspecified atom stereocenters. The number of phenols is 1. The molecule has 5 heteroatoms. The molecule has 4 nitrogen and oxygen atoms in total. The maximum atomic E-state index is 13.5. The molecule has 1 atom stereocenters. The van der Waals surface area contributed by atoms with E-state index in [1.165, 1.54) is 0 Å². The number of rotatable bonds is 5. The Morgan fingerprint density at radius 2 is 1.65 bits per heavy atom. The van der Waals surface area contributed by atoms with Crippen LogP contribution in [0.15, 0.2) is 64.4 Å². The van der Waals surface area contributed by atoms with Gasteiger partial charge in [-0.1, -0.05) is 54.2 Å². The fraction of sp³-hybridized carbons (Fsp3) is 0.346. The van der Waals surface area contributed by atoms with E-state index in [-0.39, 0.29) is 23.7 Å². The predicted molar refractivity (Wildman–Crippen MR) is 122 cm³/mol. The van der Waals surface area contributed by atoms with Gasteiger partial charge in [0.2, 0.25) is 0 Å². The highest BCUT2D eigenvalue weighted by atomic mass is 32.2. The predicted octanol–water partition coefficient (Wildman–Crippen LogP) is 5.98.